The van der Waals surface area contributed by atoms with Gasteiger partial charge in [0.15, 0.2) is 0 Å². The van der Waals surface area contributed by atoms with Crippen LogP contribution in [0.3, 0.4) is 0 Å². The maximum Gasteiger partial charge on any atom is 0.0683 e. The molecule has 0 aromatic carbocycles. The Balaban J connectivity index is 2.43. The lowest BCUT2D eigenvalue weighted by Gasteiger charge is -1.95. The Kier molecular flexibility index (Phi) is 3.62. The van der Waals surface area contributed by atoms with E-state index in [0.717, 1.165) is 5.75 Å². The van der Waals surface area contributed by atoms with Gasteiger partial charge in [0.1, 0.15) is 0 Å². The quantitative estimate of drug-likeness (QED) is 0.652. The number of halogens is 1. The Morgan fingerprint density at radius 3 is 3.10 bits per heavy atom. The lowest BCUT2D eigenvalue weighted by atomic mass is 10.3. The molecule has 0 aliphatic heterocycles. The third kappa shape index (κ3) is 2.58. The van der Waals surface area contributed by atoms with Crippen LogP contribution in [0.15, 0.2) is 24.5 Å². The van der Waals surface area contributed by atoms with Crippen molar-refractivity contribution in [1.82, 2.24) is 4.98 Å². The lowest BCUT2D eigenvalue weighted by molar-refractivity contribution is 1.25. The van der Waals surface area contributed by atoms with Crippen molar-refractivity contribution < 1.29 is 0 Å². The summed E-state index contributed by atoms with van der Waals surface area (Å²) in [5, 5.41) is 0.648. The summed E-state index contributed by atoms with van der Waals surface area (Å²) in [4.78, 5) is 3.98. The fourth-order valence-corrected chi connectivity index (χ4v) is 1.36. The van der Waals surface area contributed by atoms with Gasteiger partial charge in [-0.05, 0) is 11.6 Å². The molecule has 3 heteroatoms. The van der Waals surface area contributed by atoms with Crippen LogP contribution in [0.25, 0.3) is 0 Å². The summed E-state index contributed by atoms with van der Waals surface area (Å²) in [7, 11) is 0. The second-order valence-corrected chi connectivity index (χ2v) is 3.39. The SMILES string of the molecule is ClCSCc1cccnc1. The summed E-state index contributed by atoms with van der Waals surface area (Å²) in [5.74, 6) is 0.956. The first-order valence-corrected chi connectivity index (χ1v) is 4.65. The highest BCUT2D eigenvalue weighted by Gasteiger charge is 1.89. The van der Waals surface area contributed by atoms with Gasteiger partial charge in [0.2, 0.25) is 0 Å². The molecule has 0 unspecified atom stereocenters. The van der Waals surface area contributed by atoms with Crippen molar-refractivity contribution in [3.63, 3.8) is 0 Å². The lowest BCUT2D eigenvalue weighted by Crippen LogP contribution is -1.80. The molecule has 0 saturated carbocycles. The molecule has 0 fully saturated rings. The topological polar surface area (TPSA) is 12.9 Å². The van der Waals surface area contributed by atoms with Gasteiger partial charge in [-0.2, -0.15) is 0 Å². The highest BCUT2D eigenvalue weighted by Crippen LogP contribution is 2.10. The van der Waals surface area contributed by atoms with Gasteiger partial charge in [-0.15, -0.1) is 23.4 Å². The van der Waals surface area contributed by atoms with E-state index in [4.69, 9.17) is 11.6 Å². The summed E-state index contributed by atoms with van der Waals surface area (Å²) < 4.78 is 0. The van der Waals surface area contributed by atoms with E-state index in [2.05, 4.69) is 4.98 Å². The highest BCUT2D eigenvalue weighted by molar-refractivity contribution is 7.99. The molecule has 1 aromatic rings. The van der Waals surface area contributed by atoms with Crippen LogP contribution in [0.1, 0.15) is 5.56 Å². The molecule has 0 bridgehead atoms. The monoisotopic (exact) mass is 173 g/mol. The van der Waals surface area contributed by atoms with Gasteiger partial charge in [-0.3, -0.25) is 4.98 Å². The molecule has 0 radical (unpaired) electrons. The molecule has 10 heavy (non-hydrogen) atoms. The molecule has 0 N–H and O–H groups in total. The first-order valence-electron chi connectivity index (χ1n) is 2.96. The number of pyridine rings is 1. The number of alkyl halides is 1. The normalized spacial score (nSPS) is 9.70. The Morgan fingerprint density at radius 1 is 1.60 bits per heavy atom. The van der Waals surface area contributed by atoms with E-state index in [-0.39, 0.29) is 0 Å². The molecule has 1 nitrogen and oxygen atoms in total. The first-order chi connectivity index (χ1) is 4.93. The average molecular weight is 174 g/mol. The van der Waals surface area contributed by atoms with Crippen molar-refractivity contribution in [2.24, 2.45) is 0 Å². The number of thioether (sulfide) groups is 1. The zero-order valence-electron chi connectivity index (χ0n) is 5.46. The molecule has 0 aliphatic rings. The Bertz CT molecular complexity index is 178. The summed E-state index contributed by atoms with van der Waals surface area (Å²) in [5.41, 5.74) is 1.23. The predicted octanol–water partition coefficient (Wildman–Crippen LogP) is 2.51. The largest absolute Gasteiger partial charge is 0.264 e. The van der Waals surface area contributed by atoms with Gasteiger partial charge in [-0.1, -0.05) is 6.07 Å². The summed E-state index contributed by atoms with van der Waals surface area (Å²) in [6.45, 7) is 0. The highest BCUT2D eigenvalue weighted by atomic mass is 35.5. The molecule has 0 spiro atoms. The second kappa shape index (κ2) is 4.58. The Labute approximate surface area is 69.8 Å². The van der Waals surface area contributed by atoms with E-state index in [0.29, 0.717) is 5.21 Å². The predicted molar refractivity (Wildman–Crippen MR) is 46.3 cm³/mol. The first kappa shape index (κ1) is 7.89. The minimum atomic E-state index is 0.648. The van der Waals surface area contributed by atoms with Crippen molar-refractivity contribution in [1.29, 1.82) is 0 Å². The van der Waals surface area contributed by atoms with E-state index in [1.807, 2.05) is 18.3 Å². The van der Waals surface area contributed by atoms with E-state index in [1.54, 1.807) is 18.0 Å². The average Bonchev–Trinajstić information content (AvgIpc) is 2.03. The van der Waals surface area contributed by atoms with E-state index in [9.17, 15) is 0 Å². The molecule has 0 atom stereocenters. The van der Waals surface area contributed by atoms with Gasteiger partial charge in [-0.25, -0.2) is 0 Å². The van der Waals surface area contributed by atoms with Crippen LogP contribution in [-0.4, -0.2) is 10.2 Å². The smallest absolute Gasteiger partial charge is 0.0683 e. The molecular weight excluding hydrogens is 166 g/mol. The number of nitrogens with zero attached hydrogens (tertiary/aromatic N) is 1. The molecule has 1 rings (SSSR count). The van der Waals surface area contributed by atoms with Gasteiger partial charge in [0.25, 0.3) is 0 Å². The molecule has 54 valence electrons. The van der Waals surface area contributed by atoms with Crippen molar-refractivity contribution in [3.8, 4) is 0 Å². The van der Waals surface area contributed by atoms with Crippen LogP contribution in [-0.2, 0) is 5.75 Å². The van der Waals surface area contributed by atoms with Gasteiger partial charge >= 0.3 is 0 Å². The molecule has 0 amide bonds. The fourth-order valence-electron chi connectivity index (χ4n) is 0.640. The van der Waals surface area contributed by atoms with Crippen LogP contribution in [0.4, 0.5) is 0 Å². The number of rotatable bonds is 3. The standard InChI is InChI=1S/C7H8ClNS/c8-6-10-5-7-2-1-3-9-4-7/h1-4H,5-6H2. The van der Waals surface area contributed by atoms with Crippen molar-refractivity contribution in [2.75, 3.05) is 5.21 Å². The van der Waals surface area contributed by atoms with Crippen LogP contribution in [0.5, 0.6) is 0 Å². The number of hydrogen-bond acceptors (Lipinski definition) is 2. The number of aromatic nitrogens is 1. The molecule has 1 aromatic heterocycles. The van der Waals surface area contributed by atoms with Gasteiger partial charge in [0, 0.05) is 18.1 Å². The molecular formula is C7H8ClNS. The van der Waals surface area contributed by atoms with Gasteiger partial charge in [0.05, 0.1) is 5.21 Å². The Morgan fingerprint density at radius 2 is 2.50 bits per heavy atom. The van der Waals surface area contributed by atoms with Crippen LogP contribution in [0, 0.1) is 0 Å². The summed E-state index contributed by atoms with van der Waals surface area (Å²) >= 11 is 7.18. The van der Waals surface area contributed by atoms with Gasteiger partial charge < -0.3 is 0 Å². The minimum Gasteiger partial charge on any atom is -0.264 e. The third-order valence-corrected chi connectivity index (χ3v) is 2.22. The van der Waals surface area contributed by atoms with Crippen LogP contribution >= 0.6 is 23.4 Å². The molecule has 1 heterocycles. The molecule has 0 aliphatic carbocycles. The fraction of sp³-hybridized carbons (Fsp3) is 0.286. The maximum atomic E-state index is 5.49. The Hall–Kier alpha value is -0.210. The molecule has 0 saturated heterocycles. The van der Waals surface area contributed by atoms with E-state index < -0.39 is 0 Å². The number of hydrogen-bond donors (Lipinski definition) is 0. The van der Waals surface area contributed by atoms with Crippen molar-refractivity contribution in [2.45, 2.75) is 5.75 Å². The van der Waals surface area contributed by atoms with Crippen LogP contribution < -0.4 is 0 Å². The third-order valence-electron chi connectivity index (χ3n) is 1.07. The second-order valence-electron chi connectivity index (χ2n) is 1.82. The zero-order chi connectivity index (χ0) is 7.23. The zero-order valence-corrected chi connectivity index (χ0v) is 7.03. The van der Waals surface area contributed by atoms with Crippen molar-refractivity contribution >= 4 is 23.4 Å². The summed E-state index contributed by atoms with van der Waals surface area (Å²) in [6.07, 6.45) is 3.63. The van der Waals surface area contributed by atoms with Crippen LogP contribution in [0.2, 0.25) is 0 Å². The minimum absolute atomic E-state index is 0.648. The van der Waals surface area contributed by atoms with Crippen molar-refractivity contribution in [3.05, 3.63) is 30.1 Å². The van der Waals surface area contributed by atoms with E-state index >= 15 is 0 Å². The van der Waals surface area contributed by atoms with E-state index in [1.165, 1.54) is 5.56 Å². The summed E-state index contributed by atoms with van der Waals surface area (Å²) in [6, 6.07) is 3.98. The maximum absolute atomic E-state index is 5.49.